The number of hydrogen-bond donors (Lipinski definition) is 2. The molecule has 0 aliphatic rings. The number of para-hydroxylation sites is 2. The summed E-state index contributed by atoms with van der Waals surface area (Å²) in [5.74, 6) is -0.552. The number of carbonyl (C=O) groups is 2. The first-order chi connectivity index (χ1) is 13.6. The zero-order valence-electron chi connectivity index (χ0n) is 17.0. The maximum absolute atomic E-state index is 12.9. The summed E-state index contributed by atoms with van der Waals surface area (Å²) in [5.41, 5.74) is 1.03. The quantitative estimate of drug-likeness (QED) is 0.690. The lowest BCUT2D eigenvalue weighted by atomic mass is 10.1. The van der Waals surface area contributed by atoms with Crippen LogP contribution in [0.15, 0.2) is 54.6 Å². The highest BCUT2D eigenvalue weighted by Crippen LogP contribution is 2.22. The molecule has 2 amide bonds. The van der Waals surface area contributed by atoms with Crippen LogP contribution in [0.25, 0.3) is 0 Å². The molecule has 0 bridgehead atoms. The van der Waals surface area contributed by atoms with Gasteiger partial charge >= 0.3 is 0 Å². The number of benzene rings is 2. The predicted octanol–water partition coefficient (Wildman–Crippen LogP) is 2.87. The second-order valence-electron chi connectivity index (χ2n) is 7.21. The van der Waals surface area contributed by atoms with Crippen LogP contribution in [-0.4, -0.2) is 39.1 Å². The standard InChI is InChI=1S/C21H27N3O4S/c1-15(2)14-22-21(26)18-12-8-9-13-19(18)23-20(25)16(3)24(29(4,27)28)17-10-6-5-7-11-17/h5-13,15-16H,14H2,1-4H3,(H,22,26)(H,23,25). The van der Waals surface area contributed by atoms with Crippen LogP contribution in [0.3, 0.4) is 0 Å². The van der Waals surface area contributed by atoms with Crippen molar-refractivity contribution in [2.45, 2.75) is 26.8 Å². The number of nitrogens with zero attached hydrogens (tertiary/aromatic N) is 1. The lowest BCUT2D eigenvalue weighted by molar-refractivity contribution is -0.116. The van der Waals surface area contributed by atoms with Crippen LogP contribution in [0.1, 0.15) is 31.1 Å². The van der Waals surface area contributed by atoms with Gasteiger partial charge in [0.25, 0.3) is 5.91 Å². The molecule has 0 fully saturated rings. The fourth-order valence-electron chi connectivity index (χ4n) is 2.80. The Morgan fingerprint density at radius 3 is 2.14 bits per heavy atom. The maximum Gasteiger partial charge on any atom is 0.253 e. The fraction of sp³-hybridized carbons (Fsp3) is 0.333. The summed E-state index contributed by atoms with van der Waals surface area (Å²) in [6.07, 6.45) is 1.05. The first kappa shape index (κ1) is 22.4. The third kappa shape index (κ3) is 6.05. The number of rotatable bonds is 8. The van der Waals surface area contributed by atoms with Crippen molar-refractivity contribution in [1.82, 2.24) is 5.32 Å². The highest BCUT2D eigenvalue weighted by atomic mass is 32.2. The normalized spacial score (nSPS) is 12.3. The van der Waals surface area contributed by atoms with Crippen LogP contribution >= 0.6 is 0 Å². The van der Waals surface area contributed by atoms with E-state index in [1.54, 1.807) is 54.6 Å². The molecule has 2 aromatic rings. The third-order valence-electron chi connectivity index (χ3n) is 4.20. The molecule has 0 aliphatic heterocycles. The van der Waals surface area contributed by atoms with E-state index in [-0.39, 0.29) is 11.8 Å². The fourth-order valence-corrected chi connectivity index (χ4v) is 3.98. The van der Waals surface area contributed by atoms with Crippen molar-refractivity contribution in [3.63, 3.8) is 0 Å². The van der Waals surface area contributed by atoms with Gasteiger partial charge in [-0.3, -0.25) is 13.9 Å². The average Bonchev–Trinajstić information content (AvgIpc) is 2.66. The Labute approximate surface area is 172 Å². The average molecular weight is 418 g/mol. The van der Waals surface area contributed by atoms with Crippen molar-refractivity contribution in [2.75, 3.05) is 22.4 Å². The van der Waals surface area contributed by atoms with Crippen molar-refractivity contribution < 1.29 is 18.0 Å². The molecule has 8 heteroatoms. The van der Waals surface area contributed by atoms with Gasteiger partial charge in [0.1, 0.15) is 6.04 Å². The summed E-state index contributed by atoms with van der Waals surface area (Å²) in [6.45, 7) is 5.98. The lowest BCUT2D eigenvalue weighted by Crippen LogP contribution is -2.45. The molecule has 0 aliphatic carbocycles. The Balaban J connectivity index is 2.26. The Morgan fingerprint density at radius 2 is 1.55 bits per heavy atom. The van der Waals surface area contributed by atoms with Crippen molar-refractivity contribution >= 4 is 33.2 Å². The zero-order valence-corrected chi connectivity index (χ0v) is 17.9. The Hall–Kier alpha value is -2.87. The minimum Gasteiger partial charge on any atom is -0.352 e. The first-order valence-corrected chi connectivity index (χ1v) is 11.2. The smallest absolute Gasteiger partial charge is 0.253 e. The summed E-state index contributed by atoms with van der Waals surface area (Å²) < 4.78 is 25.7. The van der Waals surface area contributed by atoms with Crippen LogP contribution in [0.2, 0.25) is 0 Å². The van der Waals surface area contributed by atoms with E-state index in [0.717, 1.165) is 10.6 Å². The Kier molecular flexibility index (Phi) is 7.39. The summed E-state index contributed by atoms with van der Waals surface area (Å²) in [6, 6.07) is 14.0. The number of carbonyl (C=O) groups excluding carboxylic acids is 2. The zero-order chi connectivity index (χ0) is 21.6. The molecule has 29 heavy (non-hydrogen) atoms. The molecule has 156 valence electrons. The molecule has 0 saturated carbocycles. The molecule has 7 nitrogen and oxygen atoms in total. The number of hydrogen-bond acceptors (Lipinski definition) is 4. The van der Waals surface area contributed by atoms with Crippen LogP contribution in [-0.2, 0) is 14.8 Å². The largest absolute Gasteiger partial charge is 0.352 e. The van der Waals surface area contributed by atoms with Gasteiger partial charge in [-0.25, -0.2) is 8.42 Å². The summed E-state index contributed by atoms with van der Waals surface area (Å²) in [5, 5.41) is 5.51. The molecule has 2 aromatic carbocycles. The van der Waals surface area contributed by atoms with E-state index in [1.807, 2.05) is 13.8 Å². The van der Waals surface area contributed by atoms with Crippen LogP contribution in [0.4, 0.5) is 11.4 Å². The third-order valence-corrected chi connectivity index (χ3v) is 5.44. The second kappa shape index (κ2) is 9.56. The van der Waals surface area contributed by atoms with E-state index >= 15 is 0 Å². The predicted molar refractivity (Wildman–Crippen MR) is 115 cm³/mol. The van der Waals surface area contributed by atoms with E-state index in [0.29, 0.717) is 23.5 Å². The summed E-state index contributed by atoms with van der Waals surface area (Å²) in [4.78, 5) is 25.3. The SMILES string of the molecule is CC(C)CNC(=O)c1ccccc1NC(=O)C(C)N(c1ccccc1)S(C)(=O)=O. The molecule has 0 spiro atoms. The van der Waals surface area contributed by atoms with E-state index in [4.69, 9.17) is 0 Å². The topological polar surface area (TPSA) is 95.6 Å². The van der Waals surface area contributed by atoms with Gasteiger partial charge < -0.3 is 10.6 Å². The van der Waals surface area contributed by atoms with Gasteiger partial charge in [-0.05, 0) is 37.1 Å². The van der Waals surface area contributed by atoms with E-state index in [2.05, 4.69) is 10.6 Å². The Morgan fingerprint density at radius 1 is 0.966 bits per heavy atom. The van der Waals surface area contributed by atoms with Crippen LogP contribution in [0.5, 0.6) is 0 Å². The molecule has 1 atom stereocenters. The number of sulfonamides is 1. The lowest BCUT2D eigenvalue weighted by Gasteiger charge is -2.28. The van der Waals surface area contributed by atoms with Gasteiger partial charge in [-0.15, -0.1) is 0 Å². The van der Waals surface area contributed by atoms with Gasteiger partial charge in [0.15, 0.2) is 0 Å². The molecule has 0 radical (unpaired) electrons. The second-order valence-corrected chi connectivity index (χ2v) is 9.07. The van der Waals surface area contributed by atoms with Crippen molar-refractivity contribution in [1.29, 1.82) is 0 Å². The molecular formula is C21H27N3O4S. The molecular weight excluding hydrogens is 390 g/mol. The number of nitrogens with one attached hydrogen (secondary N) is 2. The summed E-state index contributed by atoms with van der Waals surface area (Å²) in [7, 11) is -3.71. The highest BCUT2D eigenvalue weighted by molar-refractivity contribution is 7.92. The minimum absolute atomic E-state index is 0.287. The van der Waals surface area contributed by atoms with Gasteiger partial charge in [-0.2, -0.15) is 0 Å². The van der Waals surface area contributed by atoms with E-state index in [9.17, 15) is 18.0 Å². The van der Waals surface area contributed by atoms with Crippen molar-refractivity contribution in [3.05, 3.63) is 60.2 Å². The van der Waals surface area contributed by atoms with Crippen LogP contribution < -0.4 is 14.9 Å². The minimum atomic E-state index is -3.71. The number of amides is 2. The summed E-state index contributed by atoms with van der Waals surface area (Å²) >= 11 is 0. The van der Waals surface area contributed by atoms with Gasteiger partial charge in [0.2, 0.25) is 15.9 Å². The molecule has 2 rings (SSSR count). The molecule has 0 saturated heterocycles. The highest BCUT2D eigenvalue weighted by Gasteiger charge is 2.29. The Bertz CT molecular complexity index is 959. The molecule has 1 unspecified atom stereocenters. The van der Waals surface area contributed by atoms with Crippen molar-refractivity contribution in [3.8, 4) is 0 Å². The number of anilines is 2. The first-order valence-electron chi connectivity index (χ1n) is 9.33. The van der Waals surface area contributed by atoms with E-state index in [1.165, 1.54) is 6.92 Å². The monoisotopic (exact) mass is 417 g/mol. The van der Waals surface area contributed by atoms with Crippen LogP contribution in [0, 0.1) is 5.92 Å². The maximum atomic E-state index is 12.9. The van der Waals surface area contributed by atoms with Gasteiger partial charge in [-0.1, -0.05) is 44.2 Å². The van der Waals surface area contributed by atoms with Gasteiger partial charge in [0, 0.05) is 6.54 Å². The molecule has 2 N–H and O–H groups in total. The van der Waals surface area contributed by atoms with E-state index < -0.39 is 22.0 Å². The molecule has 0 heterocycles. The van der Waals surface area contributed by atoms with Gasteiger partial charge in [0.05, 0.1) is 23.2 Å². The van der Waals surface area contributed by atoms with Crippen molar-refractivity contribution in [2.24, 2.45) is 5.92 Å². The molecule has 0 aromatic heterocycles.